The predicted octanol–water partition coefficient (Wildman–Crippen LogP) is 2.54. The minimum Gasteiger partial charge on any atom is -0.309 e. The second-order valence-electron chi connectivity index (χ2n) is 4.15. The number of hydrogen-bond acceptors (Lipinski definition) is 4. The zero-order chi connectivity index (χ0) is 12.3. The molecule has 0 aliphatic rings. The highest BCUT2D eigenvalue weighted by Crippen LogP contribution is 2.21. The van der Waals surface area contributed by atoms with E-state index in [0.29, 0.717) is 6.04 Å². The van der Waals surface area contributed by atoms with Crippen molar-refractivity contribution < 1.29 is 0 Å². The molecule has 2 heterocycles. The van der Waals surface area contributed by atoms with Gasteiger partial charge in [0.25, 0.3) is 0 Å². The minimum absolute atomic E-state index is 0.455. The van der Waals surface area contributed by atoms with Crippen LogP contribution in [0.5, 0.6) is 0 Å². The first-order valence-electron chi connectivity index (χ1n) is 5.50. The lowest BCUT2D eigenvalue weighted by molar-refractivity contribution is 0.580. The largest absolute Gasteiger partial charge is 0.309 e. The molecule has 0 atom stereocenters. The van der Waals surface area contributed by atoms with Crippen LogP contribution in [0.2, 0.25) is 4.34 Å². The van der Waals surface area contributed by atoms with Crippen molar-refractivity contribution in [2.75, 3.05) is 0 Å². The Bertz CT molecular complexity index is 477. The van der Waals surface area contributed by atoms with Crippen molar-refractivity contribution in [1.82, 2.24) is 20.3 Å². The van der Waals surface area contributed by atoms with Gasteiger partial charge in [0.1, 0.15) is 0 Å². The van der Waals surface area contributed by atoms with Gasteiger partial charge in [-0.2, -0.15) is 0 Å². The number of hydrogen-bond donors (Lipinski definition) is 1. The molecule has 2 aromatic heterocycles. The van der Waals surface area contributed by atoms with E-state index in [-0.39, 0.29) is 0 Å². The molecule has 92 valence electrons. The van der Waals surface area contributed by atoms with Gasteiger partial charge in [-0.3, -0.25) is 0 Å². The van der Waals surface area contributed by atoms with E-state index in [1.807, 2.05) is 23.0 Å². The smallest absolute Gasteiger partial charge is 0.0965 e. The topological polar surface area (TPSA) is 42.7 Å². The van der Waals surface area contributed by atoms with Crippen molar-refractivity contribution in [3.05, 3.63) is 33.2 Å². The van der Waals surface area contributed by atoms with E-state index in [0.717, 1.165) is 23.1 Å². The standard InChI is InChI=1S/C11H15ClN4S/c1-8(2)13-5-9-6-16(15-14-9)7-10-3-4-11(12)17-10/h3-4,6,8,13H,5,7H2,1-2H3. The van der Waals surface area contributed by atoms with Crippen molar-refractivity contribution in [3.8, 4) is 0 Å². The molecule has 2 aromatic rings. The lowest BCUT2D eigenvalue weighted by Gasteiger charge is -2.04. The number of rotatable bonds is 5. The number of halogens is 1. The SMILES string of the molecule is CC(C)NCc1cn(Cc2ccc(Cl)s2)nn1. The minimum atomic E-state index is 0.455. The summed E-state index contributed by atoms with van der Waals surface area (Å²) in [6.07, 6.45) is 1.96. The maximum absolute atomic E-state index is 5.88. The van der Waals surface area contributed by atoms with E-state index in [1.165, 1.54) is 4.88 Å². The van der Waals surface area contributed by atoms with Crippen LogP contribution in [-0.4, -0.2) is 21.0 Å². The summed E-state index contributed by atoms with van der Waals surface area (Å²) in [5, 5.41) is 11.5. The second-order valence-corrected chi connectivity index (χ2v) is 5.95. The number of thiophene rings is 1. The summed E-state index contributed by atoms with van der Waals surface area (Å²) < 4.78 is 2.64. The van der Waals surface area contributed by atoms with Crippen LogP contribution < -0.4 is 5.32 Å². The average Bonchev–Trinajstić information content (AvgIpc) is 2.86. The second kappa shape index (κ2) is 5.62. The van der Waals surface area contributed by atoms with Crippen molar-refractivity contribution in [2.45, 2.75) is 33.0 Å². The Balaban J connectivity index is 1.94. The molecule has 4 nitrogen and oxygen atoms in total. The fourth-order valence-electron chi connectivity index (χ4n) is 1.40. The molecule has 0 saturated carbocycles. The van der Waals surface area contributed by atoms with Crippen LogP contribution >= 0.6 is 22.9 Å². The Morgan fingerprint density at radius 2 is 2.29 bits per heavy atom. The normalized spacial score (nSPS) is 11.3. The summed E-state index contributed by atoms with van der Waals surface area (Å²) in [6.45, 7) is 5.70. The molecule has 0 spiro atoms. The van der Waals surface area contributed by atoms with E-state index in [2.05, 4.69) is 29.5 Å². The van der Waals surface area contributed by atoms with E-state index in [4.69, 9.17) is 11.6 Å². The molecule has 0 saturated heterocycles. The van der Waals surface area contributed by atoms with E-state index < -0.39 is 0 Å². The fraction of sp³-hybridized carbons (Fsp3) is 0.455. The molecule has 0 unspecified atom stereocenters. The highest BCUT2D eigenvalue weighted by molar-refractivity contribution is 7.16. The van der Waals surface area contributed by atoms with Crippen molar-refractivity contribution in [3.63, 3.8) is 0 Å². The van der Waals surface area contributed by atoms with Crippen molar-refractivity contribution >= 4 is 22.9 Å². The Labute approximate surface area is 110 Å². The molecule has 17 heavy (non-hydrogen) atoms. The average molecular weight is 271 g/mol. The summed E-state index contributed by atoms with van der Waals surface area (Å²) >= 11 is 7.45. The molecule has 0 radical (unpaired) electrons. The van der Waals surface area contributed by atoms with Gasteiger partial charge in [-0.25, -0.2) is 4.68 Å². The highest BCUT2D eigenvalue weighted by atomic mass is 35.5. The third kappa shape index (κ3) is 3.80. The lowest BCUT2D eigenvalue weighted by atomic mass is 10.3. The van der Waals surface area contributed by atoms with Gasteiger partial charge in [0.05, 0.1) is 22.8 Å². The van der Waals surface area contributed by atoms with E-state index >= 15 is 0 Å². The zero-order valence-electron chi connectivity index (χ0n) is 9.85. The number of nitrogens with zero attached hydrogens (tertiary/aromatic N) is 3. The highest BCUT2D eigenvalue weighted by Gasteiger charge is 2.04. The fourth-order valence-corrected chi connectivity index (χ4v) is 2.48. The van der Waals surface area contributed by atoms with E-state index in [1.54, 1.807) is 11.3 Å². The molecule has 0 amide bonds. The third-order valence-electron chi connectivity index (χ3n) is 2.22. The molecule has 0 fully saturated rings. The molecular weight excluding hydrogens is 256 g/mol. The first-order valence-corrected chi connectivity index (χ1v) is 6.69. The molecular formula is C11H15ClN4S. The zero-order valence-corrected chi connectivity index (χ0v) is 11.4. The van der Waals surface area contributed by atoms with Gasteiger partial charge in [-0.05, 0) is 12.1 Å². The van der Waals surface area contributed by atoms with Gasteiger partial charge >= 0.3 is 0 Å². The molecule has 2 rings (SSSR count). The van der Waals surface area contributed by atoms with Gasteiger partial charge < -0.3 is 5.32 Å². The van der Waals surface area contributed by atoms with Crippen LogP contribution in [-0.2, 0) is 13.1 Å². The maximum atomic E-state index is 5.88. The summed E-state index contributed by atoms with van der Waals surface area (Å²) in [5.74, 6) is 0. The lowest BCUT2D eigenvalue weighted by Crippen LogP contribution is -2.21. The van der Waals surface area contributed by atoms with Crippen LogP contribution in [0, 0.1) is 0 Å². The van der Waals surface area contributed by atoms with Gasteiger partial charge in [0, 0.05) is 17.5 Å². The molecule has 0 aliphatic carbocycles. The Morgan fingerprint density at radius 3 is 2.94 bits per heavy atom. The van der Waals surface area contributed by atoms with Gasteiger partial charge in [0.15, 0.2) is 0 Å². The van der Waals surface area contributed by atoms with Crippen molar-refractivity contribution in [1.29, 1.82) is 0 Å². The van der Waals surface area contributed by atoms with Crippen LogP contribution in [0.4, 0.5) is 0 Å². The van der Waals surface area contributed by atoms with Crippen molar-refractivity contribution in [2.24, 2.45) is 0 Å². The van der Waals surface area contributed by atoms with Gasteiger partial charge in [-0.15, -0.1) is 16.4 Å². The quantitative estimate of drug-likeness (QED) is 0.908. The van der Waals surface area contributed by atoms with Crippen LogP contribution in [0.15, 0.2) is 18.3 Å². The number of aromatic nitrogens is 3. The summed E-state index contributed by atoms with van der Waals surface area (Å²) in [7, 11) is 0. The monoisotopic (exact) mass is 270 g/mol. The summed E-state index contributed by atoms with van der Waals surface area (Å²) in [6, 6.07) is 4.37. The third-order valence-corrected chi connectivity index (χ3v) is 3.44. The first-order chi connectivity index (χ1) is 8.13. The molecule has 0 aromatic carbocycles. The molecule has 1 N–H and O–H groups in total. The van der Waals surface area contributed by atoms with E-state index in [9.17, 15) is 0 Å². The summed E-state index contributed by atoms with van der Waals surface area (Å²) in [4.78, 5) is 1.18. The summed E-state index contributed by atoms with van der Waals surface area (Å²) in [5.41, 5.74) is 0.960. The van der Waals surface area contributed by atoms with Gasteiger partial charge in [-0.1, -0.05) is 30.7 Å². The Kier molecular flexibility index (Phi) is 4.15. The Hall–Kier alpha value is -0.910. The van der Waals surface area contributed by atoms with Crippen LogP contribution in [0.1, 0.15) is 24.4 Å². The first kappa shape index (κ1) is 12.5. The van der Waals surface area contributed by atoms with Crippen LogP contribution in [0.25, 0.3) is 0 Å². The van der Waals surface area contributed by atoms with Gasteiger partial charge in [0.2, 0.25) is 0 Å². The maximum Gasteiger partial charge on any atom is 0.0965 e. The Morgan fingerprint density at radius 1 is 1.47 bits per heavy atom. The molecule has 6 heteroatoms. The number of nitrogens with one attached hydrogen (secondary N) is 1. The molecule has 0 bridgehead atoms. The van der Waals surface area contributed by atoms with Crippen LogP contribution in [0.3, 0.4) is 0 Å². The molecule has 0 aliphatic heterocycles. The predicted molar refractivity (Wildman–Crippen MR) is 70.4 cm³/mol.